The molecule has 0 spiro atoms. The first-order valence-electron chi connectivity index (χ1n) is 11.0. The number of thioether (sulfide) groups is 1. The van der Waals surface area contributed by atoms with Crippen LogP contribution in [-0.2, 0) is 28.7 Å². The molecule has 2 N–H and O–H groups in total. The number of likely N-dealkylation sites (tertiary alicyclic amines) is 1. The van der Waals surface area contributed by atoms with Gasteiger partial charge in [0, 0.05) is 11.8 Å². The molecule has 0 radical (unpaired) electrons. The molecule has 1 aliphatic carbocycles. The van der Waals surface area contributed by atoms with Crippen LogP contribution in [0.5, 0.6) is 0 Å². The normalized spacial score (nSPS) is 25.4. The van der Waals surface area contributed by atoms with Crippen LogP contribution < -0.4 is 5.32 Å². The average molecular weight is 459 g/mol. The summed E-state index contributed by atoms with van der Waals surface area (Å²) in [6.07, 6.45) is 3.21. The Kier molecular flexibility index (Phi) is 9.61. The van der Waals surface area contributed by atoms with E-state index in [9.17, 15) is 24.3 Å². The maximum Gasteiger partial charge on any atom is 0.326 e. The lowest BCUT2D eigenvalue weighted by atomic mass is 10.0. The minimum Gasteiger partial charge on any atom is -0.480 e. The highest BCUT2D eigenvalue weighted by Crippen LogP contribution is 2.41. The molecule has 0 bridgehead atoms. The van der Waals surface area contributed by atoms with Gasteiger partial charge in [0.25, 0.3) is 0 Å². The molecular formula is C21H34N2O7S. The van der Waals surface area contributed by atoms with Crippen molar-refractivity contribution in [2.24, 2.45) is 5.92 Å². The van der Waals surface area contributed by atoms with Gasteiger partial charge in [-0.15, -0.1) is 11.8 Å². The number of carbonyl (C=O) groups is 4. The monoisotopic (exact) mass is 458 g/mol. The number of esters is 2. The molecule has 10 heteroatoms. The van der Waals surface area contributed by atoms with Crippen LogP contribution in [-0.4, -0.2) is 82.2 Å². The predicted octanol–water partition coefficient (Wildman–Crippen LogP) is 1.44. The molecule has 6 atom stereocenters. The number of nitrogens with zero attached hydrogens (tertiary/aromatic N) is 1. The molecule has 9 nitrogen and oxygen atoms in total. The third-order valence-electron chi connectivity index (χ3n) is 5.90. The second kappa shape index (κ2) is 11.7. The van der Waals surface area contributed by atoms with Crippen LogP contribution in [0.2, 0.25) is 0 Å². The Morgan fingerprint density at radius 3 is 2.35 bits per heavy atom. The van der Waals surface area contributed by atoms with Crippen LogP contribution >= 0.6 is 11.8 Å². The molecule has 1 saturated carbocycles. The van der Waals surface area contributed by atoms with Gasteiger partial charge < -0.3 is 19.5 Å². The van der Waals surface area contributed by atoms with E-state index in [1.54, 1.807) is 27.7 Å². The maximum atomic E-state index is 13.2. The van der Waals surface area contributed by atoms with E-state index in [1.165, 1.54) is 16.7 Å². The van der Waals surface area contributed by atoms with Crippen molar-refractivity contribution in [2.45, 2.75) is 82.8 Å². The number of nitrogens with one attached hydrogen (secondary N) is 1. The van der Waals surface area contributed by atoms with Crippen molar-refractivity contribution >= 4 is 35.6 Å². The lowest BCUT2D eigenvalue weighted by Crippen LogP contribution is -2.55. The number of carboxylic acids is 1. The Bertz CT molecular complexity index is 674. The van der Waals surface area contributed by atoms with E-state index in [-0.39, 0.29) is 42.8 Å². The van der Waals surface area contributed by atoms with Crippen LogP contribution in [0.1, 0.15) is 53.4 Å². The SMILES string of the molecule is CCOC(=O)C(C)SC[C@H](N[C@@H](C)C(=O)N1[C@H](C(=O)O)C[C@@H]2CCC[C@@H]21)C(=O)OCC. The zero-order chi connectivity index (χ0) is 23.1. The molecule has 0 aromatic carbocycles. The topological polar surface area (TPSA) is 122 Å². The first-order chi connectivity index (χ1) is 14.7. The smallest absolute Gasteiger partial charge is 0.326 e. The average Bonchev–Trinajstić information content (AvgIpc) is 3.31. The van der Waals surface area contributed by atoms with E-state index < -0.39 is 35.3 Å². The lowest BCUT2D eigenvalue weighted by molar-refractivity contribution is -0.151. The summed E-state index contributed by atoms with van der Waals surface area (Å²) < 4.78 is 10.1. The van der Waals surface area contributed by atoms with Crippen molar-refractivity contribution in [2.75, 3.05) is 19.0 Å². The Hall–Kier alpha value is -1.81. The minimum absolute atomic E-state index is 0.0582. The third-order valence-corrected chi connectivity index (χ3v) is 7.12. The third kappa shape index (κ3) is 6.35. The van der Waals surface area contributed by atoms with Gasteiger partial charge in [0.15, 0.2) is 0 Å². The fraction of sp³-hybridized carbons (Fsp3) is 0.810. The quantitative estimate of drug-likeness (QED) is 0.443. The van der Waals surface area contributed by atoms with E-state index in [0.717, 1.165) is 19.3 Å². The zero-order valence-electron chi connectivity index (χ0n) is 18.7. The fourth-order valence-corrected chi connectivity index (χ4v) is 5.34. The molecule has 2 rings (SSSR count). The van der Waals surface area contributed by atoms with E-state index >= 15 is 0 Å². The van der Waals surface area contributed by atoms with E-state index in [2.05, 4.69) is 5.32 Å². The molecule has 1 saturated heterocycles. The van der Waals surface area contributed by atoms with Gasteiger partial charge in [-0.05, 0) is 52.9 Å². The summed E-state index contributed by atoms with van der Waals surface area (Å²) >= 11 is 1.24. The highest BCUT2D eigenvalue weighted by Gasteiger charge is 2.49. The second-order valence-electron chi connectivity index (χ2n) is 8.01. The van der Waals surface area contributed by atoms with Crippen LogP contribution in [0.3, 0.4) is 0 Å². The molecule has 176 valence electrons. The highest BCUT2D eigenvalue weighted by molar-refractivity contribution is 8.00. The van der Waals surface area contributed by atoms with Gasteiger partial charge in [-0.1, -0.05) is 6.42 Å². The van der Waals surface area contributed by atoms with Crippen LogP contribution in [0.4, 0.5) is 0 Å². The number of carboxylic acid groups (broad SMARTS) is 1. The van der Waals surface area contributed by atoms with Crippen molar-refractivity contribution in [3.8, 4) is 0 Å². The molecule has 2 fully saturated rings. The van der Waals surface area contributed by atoms with Gasteiger partial charge in [-0.2, -0.15) is 0 Å². The number of aliphatic carboxylic acids is 1. The molecule has 1 unspecified atom stereocenters. The summed E-state index contributed by atoms with van der Waals surface area (Å²) in [5.74, 6) is -1.76. The van der Waals surface area contributed by atoms with Gasteiger partial charge in [-0.3, -0.25) is 19.7 Å². The number of amides is 1. The summed E-state index contributed by atoms with van der Waals surface area (Å²) in [5, 5.41) is 12.2. The van der Waals surface area contributed by atoms with Gasteiger partial charge in [0.1, 0.15) is 12.1 Å². The van der Waals surface area contributed by atoms with E-state index in [4.69, 9.17) is 9.47 Å². The first kappa shape index (κ1) is 25.5. The summed E-state index contributed by atoms with van der Waals surface area (Å²) in [4.78, 5) is 50.8. The summed E-state index contributed by atoms with van der Waals surface area (Å²) in [5.41, 5.74) is 0. The van der Waals surface area contributed by atoms with Gasteiger partial charge in [-0.25, -0.2) is 4.79 Å². The molecule has 1 amide bonds. The van der Waals surface area contributed by atoms with Crippen molar-refractivity contribution in [3.63, 3.8) is 0 Å². The van der Waals surface area contributed by atoms with Crippen LogP contribution in [0.25, 0.3) is 0 Å². The predicted molar refractivity (Wildman–Crippen MR) is 116 cm³/mol. The molecular weight excluding hydrogens is 424 g/mol. The second-order valence-corrected chi connectivity index (χ2v) is 9.39. The van der Waals surface area contributed by atoms with E-state index in [1.807, 2.05) is 0 Å². The lowest BCUT2D eigenvalue weighted by Gasteiger charge is -2.31. The van der Waals surface area contributed by atoms with Crippen molar-refractivity contribution < 1.29 is 33.8 Å². The summed E-state index contributed by atoms with van der Waals surface area (Å²) in [6, 6.07) is -2.47. The Balaban J connectivity index is 2.06. The highest BCUT2D eigenvalue weighted by atomic mass is 32.2. The van der Waals surface area contributed by atoms with Gasteiger partial charge in [0.05, 0.1) is 24.5 Å². The number of hydrogen-bond acceptors (Lipinski definition) is 8. The standard InChI is InChI=1S/C21H34N2O7S/c1-5-29-20(27)13(4)31-11-15(21(28)30-6-2)22-12(3)18(24)23-16-9-7-8-14(16)10-17(23)19(25)26/h12-17,22H,5-11H2,1-4H3,(H,25,26)/t12-,13?,14-,15-,16-,17-/m0/s1. The van der Waals surface area contributed by atoms with Crippen LogP contribution in [0.15, 0.2) is 0 Å². The fourth-order valence-electron chi connectivity index (χ4n) is 4.42. The molecule has 0 aromatic heterocycles. The number of rotatable bonds is 11. The summed E-state index contributed by atoms with van der Waals surface area (Å²) in [7, 11) is 0. The van der Waals surface area contributed by atoms with Crippen molar-refractivity contribution in [1.29, 1.82) is 0 Å². The van der Waals surface area contributed by atoms with Crippen LogP contribution in [0, 0.1) is 5.92 Å². The molecule has 1 heterocycles. The molecule has 2 aliphatic rings. The Labute approximate surface area is 187 Å². The molecule has 0 aromatic rings. The summed E-state index contributed by atoms with van der Waals surface area (Å²) in [6.45, 7) is 7.21. The van der Waals surface area contributed by atoms with Gasteiger partial charge in [0.2, 0.25) is 5.91 Å². The number of carbonyl (C=O) groups excluding carboxylic acids is 3. The van der Waals surface area contributed by atoms with Crippen molar-refractivity contribution in [3.05, 3.63) is 0 Å². The Morgan fingerprint density at radius 2 is 1.74 bits per heavy atom. The first-order valence-corrected chi connectivity index (χ1v) is 12.0. The van der Waals surface area contributed by atoms with Crippen molar-refractivity contribution in [1.82, 2.24) is 10.2 Å². The molecule has 1 aliphatic heterocycles. The number of ether oxygens (including phenoxy) is 2. The largest absolute Gasteiger partial charge is 0.480 e. The Morgan fingerprint density at radius 1 is 1.10 bits per heavy atom. The minimum atomic E-state index is -0.990. The molecule has 31 heavy (non-hydrogen) atoms. The van der Waals surface area contributed by atoms with E-state index in [0.29, 0.717) is 6.42 Å². The van der Waals surface area contributed by atoms with Gasteiger partial charge >= 0.3 is 17.9 Å². The maximum absolute atomic E-state index is 13.2. The number of hydrogen-bond donors (Lipinski definition) is 2. The zero-order valence-corrected chi connectivity index (χ0v) is 19.5. The number of fused-ring (bicyclic) bond motifs is 1.